The van der Waals surface area contributed by atoms with E-state index in [9.17, 15) is 0 Å². The molecule has 0 fully saturated rings. The second-order valence-corrected chi connectivity index (χ2v) is 21.1. The highest BCUT2D eigenvalue weighted by Gasteiger charge is 2.24. The van der Waals surface area contributed by atoms with E-state index in [0.717, 1.165) is 148 Å². The van der Waals surface area contributed by atoms with Crippen molar-refractivity contribution in [2.24, 2.45) is 0 Å². The van der Waals surface area contributed by atoms with Crippen LogP contribution in [0.5, 0.6) is 0 Å². The van der Waals surface area contributed by atoms with E-state index >= 15 is 0 Å². The molecule has 0 aliphatic rings. The first-order valence-electron chi connectivity index (χ1n) is 26.6. The van der Waals surface area contributed by atoms with Crippen LogP contribution >= 0.6 is 0 Å². The number of furan rings is 3. The van der Waals surface area contributed by atoms with Crippen LogP contribution in [0.4, 0.5) is 0 Å². The summed E-state index contributed by atoms with van der Waals surface area (Å²) < 4.78 is 27.5. The number of fused-ring (bicyclic) bond motifs is 27. The summed E-state index contributed by atoms with van der Waals surface area (Å²) in [6, 6.07) is 86.0. The number of nitrogens with zero attached hydrogens (tertiary/aromatic N) is 3. The molecule has 13 aromatic carbocycles. The number of aromatic nitrogens is 3. The standard InChI is InChI=1S/C72H39N3O3/c1-7-19-58-52(16-1)67-61(34-31-49-46-13-4-10-22-64(46)76-70(49)67)73(58)40-25-28-43-55(37-40)44-29-26-41(74-59-20-8-2-17-53(59)68-62(74)35-32-50-47-14-5-11-23-65(47)77-71(50)68)39-57(44)45-30-27-42(38-56(43)45)75-60-21-9-3-18-54(60)69-63(75)36-33-51-48-15-6-12-24-66(48)78-72(51)69/h1-39H. The second kappa shape index (κ2) is 14.6. The lowest BCUT2D eigenvalue weighted by Crippen LogP contribution is -1.97. The summed E-state index contributed by atoms with van der Waals surface area (Å²) in [7, 11) is 0. The van der Waals surface area contributed by atoms with Crippen molar-refractivity contribution in [2.45, 2.75) is 0 Å². The Bertz CT molecular complexity index is 5290. The molecule has 0 unspecified atom stereocenters. The van der Waals surface area contributed by atoms with Gasteiger partial charge in [0.15, 0.2) is 0 Å². The van der Waals surface area contributed by atoms with Gasteiger partial charge in [-0.3, -0.25) is 0 Å². The van der Waals surface area contributed by atoms with Gasteiger partial charge in [0, 0.05) is 65.5 Å². The van der Waals surface area contributed by atoms with E-state index in [4.69, 9.17) is 13.3 Å². The maximum Gasteiger partial charge on any atom is 0.145 e. The summed E-state index contributed by atoms with van der Waals surface area (Å²) in [6.07, 6.45) is 0. The van der Waals surface area contributed by atoms with Crippen molar-refractivity contribution in [2.75, 3.05) is 0 Å². The molecule has 0 bridgehead atoms. The molecule has 0 radical (unpaired) electrons. The Morgan fingerprint density at radius 2 is 0.462 bits per heavy atom. The number of benzene rings is 13. The first-order valence-corrected chi connectivity index (χ1v) is 26.6. The maximum atomic E-state index is 6.73. The summed E-state index contributed by atoms with van der Waals surface area (Å²) >= 11 is 0. The Morgan fingerprint density at radius 1 is 0.192 bits per heavy atom. The van der Waals surface area contributed by atoms with Crippen molar-refractivity contribution in [1.29, 1.82) is 0 Å². The van der Waals surface area contributed by atoms with Crippen LogP contribution in [0.25, 0.3) is 181 Å². The van der Waals surface area contributed by atoms with E-state index in [1.165, 1.54) is 32.3 Å². The van der Waals surface area contributed by atoms with Gasteiger partial charge in [-0.15, -0.1) is 0 Å². The molecule has 19 rings (SSSR count). The molecule has 6 nitrogen and oxygen atoms in total. The molecule has 78 heavy (non-hydrogen) atoms. The predicted molar refractivity (Wildman–Crippen MR) is 324 cm³/mol. The van der Waals surface area contributed by atoms with Crippen LogP contribution in [0, 0.1) is 0 Å². The van der Waals surface area contributed by atoms with Gasteiger partial charge in [0.1, 0.15) is 33.5 Å². The van der Waals surface area contributed by atoms with Crippen LogP contribution in [0.2, 0.25) is 0 Å². The summed E-state index contributed by atoms with van der Waals surface area (Å²) in [5.41, 5.74) is 15.4. The van der Waals surface area contributed by atoms with Crippen LogP contribution < -0.4 is 0 Å². The lowest BCUT2D eigenvalue weighted by molar-refractivity contribution is 0.672. The summed E-state index contributed by atoms with van der Waals surface area (Å²) in [5, 5.41) is 20.7. The minimum atomic E-state index is 0.895. The van der Waals surface area contributed by atoms with Gasteiger partial charge in [0.05, 0.1) is 49.3 Å². The first kappa shape index (κ1) is 40.8. The van der Waals surface area contributed by atoms with Gasteiger partial charge in [0.25, 0.3) is 0 Å². The fourth-order valence-electron chi connectivity index (χ4n) is 13.9. The molecule has 19 aromatic rings. The predicted octanol–water partition coefficient (Wildman–Crippen LogP) is 20.1. The second-order valence-electron chi connectivity index (χ2n) is 21.1. The molecule has 6 heterocycles. The quantitative estimate of drug-likeness (QED) is 0.166. The number of hydrogen-bond donors (Lipinski definition) is 0. The summed E-state index contributed by atoms with van der Waals surface area (Å²) in [5.74, 6) is 0. The zero-order valence-electron chi connectivity index (χ0n) is 41.6. The van der Waals surface area contributed by atoms with Crippen LogP contribution in [-0.2, 0) is 0 Å². The van der Waals surface area contributed by atoms with Crippen molar-refractivity contribution in [3.8, 4) is 17.1 Å². The van der Waals surface area contributed by atoms with Gasteiger partial charge >= 0.3 is 0 Å². The van der Waals surface area contributed by atoms with Crippen molar-refractivity contribution >= 4 is 164 Å². The molecule has 6 heteroatoms. The number of hydrogen-bond acceptors (Lipinski definition) is 3. The highest BCUT2D eigenvalue weighted by atomic mass is 16.3. The van der Waals surface area contributed by atoms with Crippen LogP contribution in [-0.4, -0.2) is 13.7 Å². The molecule has 0 amide bonds. The zero-order valence-corrected chi connectivity index (χ0v) is 41.6. The van der Waals surface area contributed by atoms with E-state index in [2.05, 4.69) is 232 Å². The van der Waals surface area contributed by atoms with Crippen LogP contribution in [0.3, 0.4) is 0 Å². The molecule has 0 saturated heterocycles. The molecule has 360 valence electrons. The van der Waals surface area contributed by atoms with E-state index < -0.39 is 0 Å². The van der Waals surface area contributed by atoms with Gasteiger partial charge in [-0.1, -0.05) is 127 Å². The minimum absolute atomic E-state index is 0.895. The highest BCUT2D eigenvalue weighted by molar-refractivity contribution is 6.29. The van der Waals surface area contributed by atoms with E-state index in [1.807, 2.05) is 18.2 Å². The summed E-state index contributed by atoms with van der Waals surface area (Å²) in [4.78, 5) is 0. The number of rotatable bonds is 3. The van der Waals surface area contributed by atoms with Gasteiger partial charge < -0.3 is 27.0 Å². The van der Waals surface area contributed by atoms with Gasteiger partial charge in [0.2, 0.25) is 0 Å². The molecule has 0 saturated carbocycles. The fraction of sp³-hybridized carbons (Fsp3) is 0. The van der Waals surface area contributed by atoms with Crippen LogP contribution in [0.1, 0.15) is 0 Å². The maximum absolute atomic E-state index is 6.73. The smallest absolute Gasteiger partial charge is 0.145 e. The molecule has 0 atom stereocenters. The van der Waals surface area contributed by atoms with Crippen molar-refractivity contribution in [1.82, 2.24) is 13.7 Å². The van der Waals surface area contributed by atoms with Crippen LogP contribution in [0.15, 0.2) is 250 Å². The molecular formula is C72H39N3O3. The Kier molecular flexibility index (Phi) is 7.65. The van der Waals surface area contributed by atoms with Crippen molar-refractivity contribution in [3.05, 3.63) is 237 Å². The Morgan fingerprint density at radius 3 is 0.782 bits per heavy atom. The average Bonchev–Trinajstić information content (AvgIpc) is 4.28. The molecular weight excluding hydrogens is 955 g/mol. The number of para-hydroxylation sites is 6. The largest absolute Gasteiger partial charge is 0.455 e. The first-order chi connectivity index (χ1) is 38.7. The topological polar surface area (TPSA) is 54.2 Å². The fourth-order valence-corrected chi connectivity index (χ4v) is 13.9. The minimum Gasteiger partial charge on any atom is -0.455 e. The normalized spacial score (nSPS) is 12.6. The Labute approximate surface area is 441 Å². The van der Waals surface area contributed by atoms with Gasteiger partial charge in [-0.2, -0.15) is 0 Å². The third kappa shape index (κ3) is 5.16. The van der Waals surface area contributed by atoms with Crippen molar-refractivity contribution < 1.29 is 13.3 Å². The zero-order chi connectivity index (χ0) is 50.5. The summed E-state index contributed by atoms with van der Waals surface area (Å²) in [6.45, 7) is 0. The third-order valence-corrected chi connectivity index (χ3v) is 17.2. The lowest BCUT2D eigenvalue weighted by Gasteiger charge is -2.17. The average molecular weight is 994 g/mol. The molecule has 0 N–H and O–H groups in total. The highest BCUT2D eigenvalue weighted by Crippen LogP contribution is 2.47. The molecule has 0 spiro atoms. The Hall–Kier alpha value is -10.6. The van der Waals surface area contributed by atoms with E-state index in [-0.39, 0.29) is 0 Å². The SMILES string of the molecule is c1ccc2c(c1)oc1c2ccc2c1c1ccccc1n2-c1ccc2c(c1)c1ccc(-n3c4ccccc4c4c5oc6ccccc6c5ccc43)cc1c1ccc(-n3c4ccccc4c4c5oc6ccccc6c5ccc43)cc21. The van der Waals surface area contributed by atoms with Crippen molar-refractivity contribution in [3.63, 3.8) is 0 Å². The third-order valence-electron chi connectivity index (χ3n) is 17.2. The Balaban J connectivity index is 0.906. The van der Waals surface area contributed by atoms with Gasteiger partial charge in [-0.05, 0) is 142 Å². The van der Waals surface area contributed by atoms with E-state index in [0.29, 0.717) is 0 Å². The van der Waals surface area contributed by atoms with E-state index in [1.54, 1.807) is 0 Å². The molecule has 0 aliphatic carbocycles. The molecule has 0 aliphatic heterocycles. The molecule has 6 aromatic heterocycles. The monoisotopic (exact) mass is 993 g/mol. The van der Waals surface area contributed by atoms with Gasteiger partial charge in [-0.25, -0.2) is 0 Å². The lowest BCUT2D eigenvalue weighted by atomic mass is 9.93.